The highest BCUT2D eigenvalue weighted by molar-refractivity contribution is 5.84. The summed E-state index contributed by atoms with van der Waals surface area (Å²) in [6.07, 6.45) is 3.58. The van der Waals surface area contributed by atoms with E-state index in [0.717, 1.165) is 12.8 Å². The number of hydrogen-bond acceptors (Lipinski definition) is 5. The maximum absolute atomic E-state index is 10.5. The van der Waals surface area contributed by atoms with Crippen LogP contribution in [0.2, 0.25) is 0 Å². The van der Waals surface area contributed by atoms with Crippen LogP contribution < -0.4 is 4.74 Å². The Morgan fingerprint density at radius 2 is 2.50 bits per heavy atom. The number of aromatic carboxylic acids is 1. The molecule has 0 radical (unpaired) electrons. The first-order valence-corrected chi connectivity index (χ1v) is 5.18. The molecule has 0 atom stereocenters. The molecule has 0 unspecified atom stereocenters. The first-order chi connectivity index (χ1) is 7.66. The van der Waals surface area contributed by atoms with Gasteiger partial charge in [-0.3, -0.25) is 0 Å². The van der Waals surface area contributed by atoms with Gasteiger partial charge in [-0.1, -0.05) is 0 Å². The predicted octanol–water partition coefficient (Wildman–Crippen LogP) is 0.846. The molecule has 6 nitrogen and oxygen atoms in total. The summed E-state index contributed by atoms with van der Waals surface area (Å²) in [7, 11) is 2.04. The normalized spacial score (nSPS) is 15.4. The Morgan fingerprint density at radius 1 is 1.75 bits per heavy atom. The SMILES string of the molecule is CN(CCOc1nc(C(=O)O)co1)C1CC1. The van der Waals surface area contributed by atoms with E-state index in [9.17, 15) is 4.79 Å². The van der Waals surface area contributed by atoms with Crippen molar-refractivity contribution in [1.29, 1.82) is 0 Å². The molecule has 1 saturated carbocycles. The summed E-state index contributed by atoms with van der Waals surface area (Å²) in [5.41, 5.74) is -0.134. The molecule has 0 bridgehead atoms. The van der Waals surface area contributed by atoms with Crippen LogP contribution in [0.15, 0.2) is 10.7 Å². The van der Waals surface area contributed by atoms with Gasteiger partial charge in [0.15, 0.2) is 5.69 Å². The van der Waals surface area contributed by atoms with Crippen LogP contribution in [-0.4, -0.2) is 47.2 Å². The number of carboxylic acid groups (broad SMARTS) is 1. The van der Waals surface area contributed by atoms with Crippen molar-refractivity contribution in [3.63, 3.8) is 0 Å². The molecule has 16 heavy (non-hydrogen) atoms. The van der Waals surface area contributed by atoms with Crippen LogP contribution in [0.5, 0.6) is 6.08 Å². The average molecular weight is 226 g/mol. The minimum atomic E-state index is -1.12. The Hall–Kier alpha value is -1.56. The van der Waals surface area contributed by atoms with E-state index in [4.69, 9.17) is 14.3 Å². The number of hydrogen-bond donors (Lipinski definition) is 1. The highest BCUT2D eigenvalue weighted by Crippen LogP contribution is 2.24. The number of aromatic nitrogens is 1. The number of rotatable bonds is 6. The van der Waals surface area contributed by atoms with Crippen molar-refractivity contribution >= 4 is 5.97 Å². The Labute approximate surface area is 92.8 Å². The summed E-state index contributed by atoms with van der Waals surface area (Å²) < 4.78 is 10.1. The van der Waals surface area contributed by atoms with E-state index < -0.39 is 5.97 Å². The van der Waals surface area contributed by atoms with Gasteiger partial charge in [-0.25, -0.2) is 4.79 Å². The minimum absolute atomic E-state index is 0.0154. The lowest BCUT2D eigenvalue weighted by Gasteiger charge is -2.14. The lowest BCUT2D eigenvalue weighted by atomic mass is 10.5. The zero-order valence-electron chi connectivity index (χ0n) is 9.05. The molecule has 0 spiro atoms. The zero-order valence-corrected chi connectivity index (χ0v) is 9.05. The van der Waals surface area contributed by atoms with Gasteiger partial charge in [-0.2, -0.15) is 4.98 Å². The van der Waals surface area contributed by atoms with E-state index in [1.54, 1.807) is 0 Å². The summed E-state index contributed by atoms with van der Waals surface area (Å²) in [6.45, 7) is 1.24. The van der Waals surface area contributed by atoms with Gasteiger partial charge < -0.3 is 19.2 Å². The van der Waals surface area contributed by atoms with Crippen LogP contribution in [0.25, 0.3) is 0 Å². The fraction of sp³-hybridized carbons (Fsp3) is 0.600. The van der Waals surface area contributed by atoms with Crippen LogP contribution in [0.4, 0.5) is 0 Å². The summed E-state index contributed by atoms with van der Waals surface area (Å²) >= 11 is 0. The van der Waals surface area contributed by atoms with Crippen LogP contribution in [0.3, 0.4) is 0 Å². The van der Waals surface area contributed by atoms with Gasteiger partial charge in [0.2, 0.25) is 0 Å². The molecule has 88 valence electrons. The number of carbonyl (C=O) groups is 1. The first kappa shape index (κ1) is 10.9. The highest BCUT2D eigenvalue weighted by Gasteiger charge is 2.25. The molecule has 1 heterocycles. The van der Waals surface area contributed by atoms with Crippen molar-refractivity contribution in [2.75, 3.05) is 20.2 Å². The van der Waals surface area contributed by atoms with E-state index >= 15 is 0 Å². The van der Waals surface area contributed by atoms with Crippen LogP contribution in [-0.2, 0) is 0 Å². The fourth-order valence-corrected chi connectivity index (χ4v) is 1.40. The second kappa shape index (κ2) is 4.52. The third-order valence-corrected chi connectivity index (χ3v) is 2.54. The van der Waals surface area contributed by atoms with E-state index in [2.05, 4.69) is 9.88 Å². The van der Waals surface area contributed by atoms with Crippen molar-refractivity contribution in [3.05, 3.63) is 12.0 Å². The van der Waals surface area contributed by atoms with Gasteiger partial charge in [0.05, 0.1) is 0 Å². The molecule has 1 aromatic rings. The van der Waals surface area contributed by atoms with Crippen LogP contribution in [0.1, 0.15) is 23.3 Å². The quantitative estimate of drug-likeness (QED) is 0.774. The highest BCUT2D eigenvalue weighted by atomic mass is 16.6. The molecule has 1 N–H and O–H groups in total. The summed E-state index contributed by atoms with van der Waals surface area (Å²) in [4.78, 5) is 16.4. The number of likely N-dealkylation sites (N-methyl/N-ethyl adjacent to an activating group) is 1. The Kier molecular flexibility index (Phi) is 3.09. The molecule has 0 saturated heterocycles. The molecule has 1 aliphatic rings. The van der Waals surface area contributed by atoms with Gasteiger partial charge in [-0.15, -0.1) is 0 Å². The Morgan fingerprint density at radius 3 is 3.06 bits per heavy atom. The predicted molar refractivity (Wildman–Crippen MR) is 54.6 cm³/mol. The maximum Gasteiger partial charge on any atom is 0.394 e. The Bertz CT molecular complexity index is 373. The lowest BCUT2D eigenvalue weighted by Crippen LogP contribution is -2.26. The third kappa shape index (κ3) is 2.73. The van der Waals surface area contributed by atoms with E-state index in [-0.39, 0.29) is 11.8 Å². The number of nitrogens with zero attached hydrogens (tertiary/aromatic N) is 2. The first-order valence-electron chi connectivity index (χ1n) is 5.18. The minimum Gasteiger partial charge on any atom is -0.476 e. The molecular formula is C10H14N2O4. The van der Waals surface area contributed by atoms with E-state index in [0.29, 0.717) is 12.6 Å². The van der Waals surface area contributed by atoms with Gasteiger partial charge in [0.1, 0.15) is 12.9 Å². The van der Waals surface area contributed by atoms with Gasteiger partial charge in [0.25, 0.3) is 0 Å². The number of oxazole rings is 1. The van der Waals surface area contributed by atoms with Crippen molar-refractivity contribution in [1.82, 2.24) is 9.88 Å². The number of carboxylic acids is 1. The van der Waals surface area contributed by atoms with Crippen LogP contribution in [0, 0.1) is 0 Å². The monoisotopic (exact) mass is 226 g/mol. The topological polar surface area (TPSA) is 75.8 Å². The molecule has 2 rings (SSSR count). The van der Waals surface area contributed by atoms with Crippen LogP contribution >= 0.6 is 0 Å². The molecule has 1 aromatic heterocycles. The van der Waals surface area contributed by atoms with Crippen molar-refractivity contribution < 1.29 is 19.1 Å². The van der Waals surface area contributed by atoms with Crippen molar-refractivity contribution in [3.8, 4) is 6.08 Å². The summed E-state index contributed by atoms with van der Waals surface area (Å²) in [5.74, 6) is -1.12. The molecular weight excluding hydrogens is 212 g/mol. The molecule has 0 amide bonds. The van der Waals surface area contributed by atoms with Gasteiger partial charge in [-0.05, 0) is 19.9 Å². The lowest BCUT2D eigenvalue weighted by molar-refractivity contribution is 0.0690. The Balaban J connectivity index is 1.73. The van der Waals surface area contributed by atoms with Crippen molar-refractivity contribution in [2.45, 2.75) is 18.9 Å². The second-order valence-electron chi connectivity index (χ2n) is 3.86. The molecule has 1 aliphatic carbocycles. The zero-order chi connectivity index (χ0) is 11.5. The van der Waals surface area contributed by atoms with Gasteiger partial charge in [0, 0.05) is 12.6 Å². The fourth-order valence-electron chi connectivity index (χ4n) is 1.40. The summed E-state index contributed by atoms with van der Waals surface area (Å²) in [5, 5.41) is 8.61. The summed E-state index contributed by atoms with van der Waals surface area (Å²) in [6, 6.07) is 0.683. The molecule has 0 aliphatic heterocycles. The molecule has 1 fully saturated rings. The number of ether oxygens (including phenoxy) is 1. The maximum atomic E-state index is 10.5. The largest absolute Gasteiger partial charge is 0.476 e. The third-order valence-electron chi connectivity index (χ3n) is 2.54. The molecule has 0 aromatic carbocycles. The molecule has 6 heteroatoms. The standard InChI is InChI=1S/C10H14N2O4/c1-12(7-2-3-7)4-5-15-10-11-8(6-16-10)9(13)14/h6-7H,2-5H2,1H3,(H,13,14). The van der Waals surface area contributed by atoms with E-state index in [1.807, 2.05) is 7.05 Å². The smallest absolute Gasteiger partial charge is 0.394 e. The van der Waals surface area contributed by atoms with Crippen molar-refractivity contribution in [2.24, 2.45) is 0 Å². The van der Waals surface area contributed by atoms with Gasteiger partial charge >= 0.3 is 12.0 Å². The average Bonchev–Trinajstić information content (AvgIpc) is 2.98. The van der Waals surface area contributed by atoms with E-state index in [1.165, 1.54) is 12.8 Å². The second-order valence-corrected chi connectivity index (χ2v) is 3.86.